The third-order valence-corrected chi connectivity index (χ3v) is 30.4. The molecule has 0 aromatic heterocycles. The van der Waals surface area contributed by atoms with E-state index in [-0.39, 0.29) is 33.3 Å². The van der Waals surface area contributed by atoms with E-state index in [4.69, 9.17) is 0 Å². The molecule has 0 saturated carbocycles. The van der Waals surface area contributed by atoms with Gasteiger partial charge in [-0.25, -0.2) is 0 Å². The second-order valence-electron chi connectivity index (χ2n) is 14.6. The molecule has 0 N–H and O–H groups in total. The first-order valence-corrected chi connectivity index (χ1v) is 25.4. The van der Waals surface area contributed by atoms with Gasteiger partial charge in [-0.2, -0.15) is 0 Å². The van der Waals surface area contributed by atoms with Crippen LogP contribution in [0.2, 0.25) is 0 Å². The van der Waals surface area contributed by atoms with Crippen molar-refractivity contribution in [3.05, 3.63) is 215 Å². The standard InChI is InChI=1S/2C18H13.2C6H5.2ClH.H2Si.Ti/c2*1-2-7-13(6-1)15-10-5-11-17-16-9-4-3-8-14(16)12-18(15)17;2*1-2-4-6-5-3-1;;;;/h2*1-6,8-12H,7H2;2*1-5H;2*1H;1H2;. The van der Waals surface area contributed by atoms with Crippen LogP contribution in [0.3, 0.4) is 0 Å². The van der Waals surface area contributed by atoms with Gasteiger partial charge in [0.25, 0.3) is 0 Å². The van der Waals surface area contributed by atoms with Crippen molar-refractivity contribution < 1.29 is 14.0 Å². The molecule has 254 valence electrons. The summed E-state index contributed by atoms with van der Waals surface area (Å²) in [5, 5.41) is 0. The van der Waals surface area contributed by atoms with E-state index in [2.05, 4.69) is 190 Å². The quantitative estimate of drug-likeness (QED) is 0.148. The molecule has 0 aliphatic heterocycles. The number of fused-ring (bicyclic) bond motifs is 6. The number of halogens is 2. The number of hydrogen-bond acceptors (Lipinski definition) is 0. The molecule has 4 aliphatic carbocycles. The fourth-order valence-electron chi connectivity index (χ4n) is 10.4. The molecular weight excluding hydrogens is 723 g/mol. The summed E-state index contributed by atoms with van der Waals surface area (Å²) in [4.78, 5) is 0. The Balaban J connectivity index is 0.00000193. The van der Waals surface area contributed by atoms with Gasteiger partial charge in [0.1, 0.15) is 0 Å². The maximum absolute atomic E-state index is 4.62. The molecule has 4 heteroatoms. The molecule has 6 aromatic carbocycles. The third-order valence-electron chi connectivity index (χ3n) is 12.4. The van der Waals surface area contributed by atoms with E-state index < -0.39 is 14.0 Å². The van der Waals surface area contributed by atoms with Gasteiger partial charge < -0.3 is 0 Å². The van der Waals surface area contributed by atoms with Crippen LogP contribution in [0.15, 0.2) is 182 Å². The molecule has 2 atom stereocenters. The van der Waals surface area contributed by atoms with Crippen LogP contribution < -0.4 is 7.74 Å². The molecule has 6 aromatic rings. The Bertz CT molecular complexity index is 2380. The normalized spacial score (nSPS) is 17.6. The van der Waals surface area contributed by atoms with Crippen LogP contribution in [0.4, 0.5) is 0 Å². The molecular formula is C48H40Cl2SiTi. The van der Waals surface area contributed by atoms with Crippen LogP contribution in [0.25, 0.3) is 33.4 Å². The molecule has 0 amide bonds. The number of hydrogen-bond donors (Lipinski definition) is 0. The van der Waals surface area contributed by atoms with Crippen molar-refractivity contribution in [1.29, 1.82) is 0 Å². The van der Waals surface area contributed by atoms with E-state index in [9.17, 15) is 0 Å². The van der Waals surface area contributed by atoms with E-state index in [1.54, 1.807) is 0 Å². The van der Waals surface area contributed by atoms with E-state index in [1.165, 1.54) is 74.5 Å². The van der Waals surface area contributed by atoms with Gasteiger partial charge in [-0.3, -0.25) is 0 Å². The number of benzene rings is 6. The second kappa shape index (κ2) is 13.3. The SMILES string of the molecule is Cl.Cl.[SiH2]=[Ti]([c]1ccccc1)([c]1ccccc1)([CH]1c2ccccc2-c2cccc(C3=CC=CC3)c21)[CH]1c2ccccc2-c2cccc(C3=CC=CC3)c21. The zero-order chi connectivity index (χ0) is 33.3. The predicted octanol–water partition coefficient (Wildman–Crippen LogP) is 10.9. The first kappa shape index (κ1) is 34.9. The van der Waals surface area contributed by atoms with Crippen LogP contribution in [0.1, 0.15) is 54.7 Å². The van der Waals surface area contributed by atoms with Gasteiger partial charge >= 0.3 is 300 Å². The summed E-state index contributed by atoms with van der Waals surface area (Å²) in [6.07, 6.45) is 15.8. The van der Waals surface area contributed by atoms with Crippen LogP contribution in [0, 0.1) is 0 Å². The summed E-state index contributed by atoms with van der Waals surface area (Å²) in [7, 11) is 2.47. The van der Waals surface area contributed by atoms with Crippen molar-refractivity contribution in [1.82, 2.24) is 0 Å². The topological polar surface area (TPSA) is 0 Å². The molecule has 4 aliphatic rings. The Morgan fingerprint density at radius 1 is 0.404 bits per heavy atom. The molecule has 52 heavy (non-hydrogen) atoms. The van der Waals surface area contributed by atoms with E-state index in [0.717, 1.165) is 12.8 Å². The third kappa shape index (κ3) is 4.70. The van der Waals surface area contributed by atoms with Gasteiger partial charge in [0, 0.05) is 0 Å². The van der Waals surface area contributed by atoms with Crippen molar-refractivity contribution in [2.24, 2.45) is 0 Å². The Morgan fingerprint density at radius 3 is 1.17 bits per heavy atom. The molecule has 0 saturated heterocycles. The monoisotopic (exact) mass is 762 g/mol. The number of allylic oxidation sites excluding steroid dienone is 8. The summed E-state index contributed by atoms with van der Waals surface area (Å²) in [6, 6.07) is 56.8. The van der Waals surface area contributed by atoms with Crippen LogP contribution in [-0.2, 0) is 14.0 Å². The van der Waals surface area contributed by atoms with Gasteiger partial charge in [-0.05, 0) is 0 Å². The molecule has 0 spiro atoms. The Morgan fingerprint density at radius 2 is 0.769 bits per heavy atom. The fraction of sp³-hybridized carbons (Fsp3) is 0.0833. The minimum absolute atomic E-state index is 0. The van der Waals surface area contributed by atoms with Crippen molar-refractivity contribution in [3.63, 3.8) is 0 Å². The zero-order valence-corrected chi connectivity index (χ0v) is 33.5. The summed E-state index contributed by atoms with van der Waals surface area (Å²) >= 11 is -4.62. The Kier molecular flexibility index (Phi) is 8.93. The van der Waals surface area contributed by atoms with Crippen LogP contribution in [0.5, 0.6) is 0 Å². The van der Waals surface area contributed by atoms with Crippen molar-refractivity contribution in [3.8, 4) is 22.3 Å². The molecule has 10 rings (SSSR count). The molecule has 2 unspecified atom stereocenters. The van der Waals surface area contributed by atoms with Crippen molar-refractivity contribution >= 4 is 51.3 Å². The van der Waals surface area contributed by atoms with Gasteiger partial charge in [-0.15, -0.1) is 24.8 Å². The molecule has 0 fully saturated rings. The molecule has 0 bridgehead atoms. The maximum atomic E-state index is 2.51. The van der Waals surface area contributed by atoms with Gasteiger partial charge in [-0.1, -0.05) is 0 Å². The average Bonchev–Trinajstić information content (AvgIpc) is 4.01. The molecule has 0 nitrogen and oxygen atoms in total. The summed E-state index contributed by atoms with van der Waals surface area (Å²) in [6.45, 7) is 0. The average molecular weight is 764 g/mol. The molecule has 0 radical (unpaired) electrons. The zero-order valence-electron chi connectivity index (χ0n) is 28.9. The van der Waals surface area contributed by atoms with Crippen LogP contribution >= 0.6 is 24.8 Å². The predicted molar refractivity (Wildman–Crippen MR) is 226 cm³/mol. The van der Waals surface area contributed by atoms with Gasteiger partial charge in [0.2, 0.25) is 0 Å². The molecule has 0 heterocycles. The van der Waals surface area contributed by atoms with E-state index in [1.807, 2.05) is 0 Å². The fourth-order valence-corrected chi connectivity index (χ4v) is 28.1. The van der Waals surface area contributed by atoms with E-state index in [0.29, 0.717) is 0 Å². The second-order valence-corrected chi connectivity index (χ2v) is 29.6. The van der Waals surface area contributed by atoms with Gasteiger partial charge in [0.15, 0.2) is 0 Å². The summed E-state index contributed by atoms with van der Waals surface area (Å²) in [5.41, 5.74) is 17.4. The van der Waals surface area contributed by atoms with Crippen molar-refractivity contribution in [2.45, 2.75) is 21.3 Å². The van der Waals surface area contributed by atoms with Crippen molar-refractivity contribution in [2.75, 3.05) is 0 Å². The van der Waals surface area contributed by atoms with Gasteiger partial charge in [0.05, 0.1) is 0 Å². The Labute approximate surface area is 322 Å². The summed E-state index contributed by atoms with van der Waals surface area (Å²) < 4.78 is 3.48. The number of rotatable bonds is 6. The minimum atomic E-state index is -4.62. The Hall–Kier alpha value is -4.21. The van der Waals surface area contributed by atoms with E-state index >= 15 is 0 Å². The first-order chi connectivity index (χ1) is 24.7. The first-order valence-electron chi connectivity index (χ1n) is 18.0. The van der Waals surface area contributed by atoms with Crippen LogP contribution in [-0.4, -0.2) is 7.63 Å². The summed E-state index contributed by atoms with van der Waals surface area (Å²) in [5.74, 6) is 0.